The number of nitrogens with one attached hydrogen (secondary N) is 1. The van der Waals surface area contributed by atoms with Gasteiger partial charge in [0.05, 0.1) is 11.0 Å². The highest BCUT2D eigenvalue weighted by molar-refractivity contribution is 9.10. The van der Waals surface area contributed by atoms with Crippen molar-refractivity contribution in [3.63, 3.8) is 0 Å². The molecule has 0 bridgehead atoms. The minimum atomic E-state index is -3.45. The van der Waals surface area contributed by atoms with Crippen molar-refractivity contribution in [1.29, 1.82) is 0 Å². The van der Waals surface area contributed by atoms with E-state index >= 15 is 0 Å². The van der Waals surface area contributed by atoms with Gasteiger partial charge in [-0.2, -0.15) is 0 Å². The van der Waals surface area contributed by atoms with Crippen LogP contribution in [-0.4, -0.2) is 27.7 Å². The summed E-state index contributed by atoms with van der Waals surface area (Å²) in [6.07, 6.45) is 3.72. The van der Waals surface area contributed by atoms with Gasteiger partial charge in [0.15, 0.2) is 0 Å². The van der Waals surface area contributed by atoms with Gasteiger partial charge in [-0.15, -0.1) is 0 Å². The molecule has 1 fully saturated rings. The molecule has 0 spiro atoms. The molecule has 0 unspecified atom stereocenters. The van der Waals surface area contributed by atoms with E-state index in [4.69, 9.17) is 4.74 Å². The van der Waals surface area contributed by atoms with Gasteiger partial charge in [-0.3, -0.25) is 0 Å². The Labute approximate surface area is 129 Å². The molecule has 112 valence electrons. The van der Waals surface area contributed by atoms with Crippen molar-refractivity contribution in [3.8, 4) is 0 Å². The summed E-state index contributed by atoms with van der Waals surface area (Å²) in [5.41, 5.74) is 0.919. The van der Waals surface area contributed by atoms with Crippen LogP contribution >= 0.6 is 15.9 Å². The maximum Gasteiger partial charge on any atom is 0.240 e. The summed E-state index contributed by atoms with van der Waals surface area (Å²) in [5, 5.41) is 0. The van der Waals surface area contributed by atoms with E-state index in [0.717, 1.165) is 35.7 Å². The number of sulfonamides is 1. The standard InChI is InChI=1S/C14H20BrNO3S/c1-10-7-11(15)9-14(8-10)20(17,18)16-12-3-5-13(19-2)6-4-12/h7-9,12-13,16H,3-6H2,1-2H3. The van der Waals surface area contributed by atoms with Crippen molar-refractivity contribution in [3.05, 3.63) is 28.2 Å². The van der Waals surface area contributed by atoms with Crippen molar-refractivity contribution >= 4 is 26.0 Å². The first-order valence-corrected chi connectivity index (χ1v) is 9.00. The van der Waals surface area contributed by atoms with Crippen molar-refractivity contribution in [2.45, 2.75) is 49.6 Å². The van der Waals surface area contributed by atoms with Gasteiger partial charge < -0.3 is 4.74 Å². The van der Waals surface area contributed by atoms with Crippen molar-refractivity contribution in [2.75, 3.05) is 7.11 Å². The number of benzene rings is 1. The van der Waals surface area contributed by atoms with Gasteiger partial charge >= 0.3 is 0 Å². The van der Waals surface area contributed by atoms with Crippen molar-refractivity contribution < 1.29 is 13.2 Å². The number of aryl methyl sites for hydroxylation is 1. The van der Waals surface area contributed by atoms with Crippen LogP contribution in [-0.2, 0) is 14.8 Å². The Morgan fingerprint density at radius 2 is 1.85 bits per heavy atom. The normalized spacial score (nSPS) is 23.8. The van der Waals surface area contributed by atoms with Gasteiger partial charge in [0.1, 0.15) is 0 Å². The molecule has 0 heterocycles. The van der Waals surface area contributed by atoms with E-state index in [9.17, 15) is 8.42 Å². The summed E-state index contributed by atoms with van der Waals surface area (Å²) in [5.74, 6) is 0. The lowest BCUT2D eigenvalue weighted by Gasteiger charge is -2.28. The van der Waals surface area contributed by atoms with Crippen LogP contribution in [0.4, 0.5) is 0 Å². The minimum absolute atomic E-state index is 0.00527. The van der Waals surface area contributed by atoms with Gasteiger partial charge in [-0.25, -0.2) is 13.1 Å². The van der Waals surface area contributed by atoms with E-state index in [0.29, 0.717) is 4.90 Å². The first-order chi connectivity index (χ1) is 9.40. The molecule has 1 aromatic rings. The van der Waals surface area contributed by atoms with Crippen LogP contribution in [0.3, 0.4) is 0 Å². The first kappa shape index (κ1) is 15.9. The molecule has 0 amide bonds. The average Bonchev–Trinajstić information content (AvgIpc) is 2.38. The molecule has 1 aliphatic carbocycles. The quantitative estimate of drug-likeness (QED) is 0.896. The summed E-state index contributed by atoms with van der Waals surface area (Å²) in [6, 6.07) is 5.22. The second kappa shape index (κ2) is 6.56. The maximum absolute atomic E-state index is 12.4. The summed E-state index contributed by atoms with van der Waals surface area (Å²) >= 11 is 3.34. The van der Waals surface area contributed by atoms with E-state index in [-0.39, 0.29) is 12.1 Å². The highest BCUT2D eigenvalue weighted by atomic mass is 79.9. The van der Waals surface area contributed by atoms with Crippen LogP contribution in [0, 0.1) is 6.92 Å². The zero-order valence-corrected chi connectivity index (χ0v) is 14.1. The zero-order chi connectivity index (χ0) is 14.8. The van der Waals surface area contributed by atoms with Gasteiger partial charge in [0.25, 0.3) is 0 Å². The summed E-state index contributed by atoms with van der Waals surface area (Å²) in [7, 11) is -1.74. The Balaban J connectivity index is 2.08. The summed E-state index contributed by atoms with van der Waals surface area (Å²) < 4.78 is 33.7. The molecule has 0 saturated heterocycles. The Bertz CT molecular complexity index is 546. The van der Waals surface area contributed by atoms with Crippen molar-refractivity contribution in [2.24, 2.45) is 0 Å². The third-order valence-electron chi connectivity index (χ3n) is 3.66. The molecular formula is C14H20BrNO3S. The zero-order valence-electron chi connectivity index (χ0n) is 11.7. The topological polar surface area (TPSA) is 55.4 Å². The lowest BCUT2D eigenvalue weighted by Crippen LogP contribution is -2.38. The number of halogens is 1. The number of ether oxygens (including phenoxy) is 1. The lowest BCUT2D eigenvalue weighted by atomic mass is 9.94. The second-order valence-corrected chi connectivity index (χ2v) is 7.92. The predicted octanol–water partition coefficient (Wildman–Crippen LogP) is 2.99. The fourth-order valence-corrected chi connectivity index (χ4v) is 4.75. The number of hydrogen-bond acceptors (Lipinski definition) is 3. The van der Waals surface area contributed by atoms with E-state index in [2.05, 4.69) is 20.7 Å². The molecular weight excluding hydrogens is 342 g/mol. The van der Waals surface area contributed by atoms with E-state index in [1.807, 2.05) is 13.0 Å². The molecule has 20 heavy (non-hydrogen) atoms. The van der Waals surface area contributed by atoms with Gasteiger partial charge in [-0.1, -0.05) is 15.9 Å². The number of rotatable bonds is 4. The lowest BCUT2D eigenvalue weighted by molar-refractivity contribution is 0.0649. The van der Waals surface area contributed by atoms with Gasteiger partial charge in [-0.05, 0) is 56.4 Å². The molecule has 4 nitrogen and oxygen atoms in total. The Kier molecular flexibility index (Phi) is 5.23. The molecule has 0 aliphatic heterocycles. The fraction of sp³-hybridized carbons (Fsp3) is 0.571. The first-order valence-electron chi connectivity index (χ1n) is 6.73. The SMILES string of the molecule is COC1CCC(NS(=O)(=O)c2cc(C)cc(Br)c2)CC1. The van der Waals surface area contributed by atoms with E-state index in [1.54, 1.807) is 19.2 Å². The highest BCUT2D eigenvalue weighted by Crippen LogP contribution is 2.24. The molecule has 6 heteroatoms. The van der Waals surface area contributed by atoms with Gasteiger partial charge in [0, 0.05) is 17.6 Å². The van der Waals surface area contributed by atoms with Crippen LogP contribution < -0.4 is 4.72 Å². The smallest absolute Gasteiger partial charge is 0.240 e. The highest BCUT2D eigenvalue weighted by Gasteiger charge is 2.25. The largest absolute Gasteiger partial charge is 0.381 e. The van der Waals surface area contributed by atoms with Crippen LogP contribution in [0.5, 0.6) is 0 Å². The number of hydrogen-bond donors (Lipinski definition) is 1. The van der Waals surface area contributed by atoms with Gasteiger partial charge in [0.2, 0.25) is 10.0 Å². The molecule has 1 aliphatic rings. The Morgan fingerprint density at radius 1 is 1.20 bits per heavy atom. The van der Waals surface area contributed by atoms with Crippen LogP contribution in [0.25, 0.3) is 0 Å². The monoisotopic (exact) mass is 361 g/mol. The molecule has 1 aromatic carbocycles. The summed E-state index contributed by atoms with van der Waals surface area (Å²) in [4.78, 5) is 0.318. The molecule has 0 aromatic heterocycles. The fourth-order valence-electron chi connectivity index (χ4n) is 2.56. The molecule has 1 N–H and O–H groups in total. The van der Waals surface area contributed by atoms with Crippen molar-refractivity contribution in [1.82, 2.24) is 4.72 Å². The maximum atomic E-state index is 12.4. The second-order valence-electron chi connectivity index (χ2n) is 5.29. The minimum Gasteiger partial charge on any atom is -0.381 e. The summed E-state index contributed by atoms with van der Waals surface area (Å²) in [6.45, 7) is 1.88. The van der Waals surface area contributed by atoms with Crippen LogP contribution in [0.1, 0.15) is 31.2 Å². The van der Waals surface area contributed by atoms with E-state index in [1.165, 1.54) is 0 Å². The Morgan fingerprint density at radius 3 is 2.40 bits per heavy atom. The molecule has 2 rings (SSSR count). The third kappa shape index (κ3) is 4.04. The average molecular weight is 362 g/mol. The number of methoxy groups -OCH3 is 1. The molecule has 0 atom stereocenters. The Hall–Kier alpha value is -0.430. The van der Waals surface area contributed by atoms with E-state index < -0.39 is 10.0 Å². The van der Waals surface area contributed by atoms with Crippen LogP contribution in [0.15, 0.2) is 27.6 Å². The van der Waals surface area contributed by atoms with Crippen LogP contribution in [0.2, 0.25) is 0 Å². The molecule has 0 radical (unpaired) electrons. The predicted molar refractivity (Wildman–Crippen MR) is 82.3 cm³/mol. The molecule has 1 saturated carbocycles. The third-order valence-corrected chi connectivity index (χ3v) is 5.61.